The van der Waals surface area contributed by atoms with E-state index in [1.807, 2.05) is 36.5 Å². The van der Waals surface area contributed by atoms with Crippen LogP contribution in [0, 0.1) is 0 Å². The molecule has 0 amide bonds. The maximum absolute atomic E-state index is 5.21. The Morgan fingerprint density at radius 3 is 2.54 bits per heavy atom. The molecule has 24 heavy (non-hydrogen) atoms. The molecule has 0 radical (unpaired) electrons. The Labute approximate surface area is 143 Å². The van der Waals surface area contributed by atoms with E-state index in [4.69, 9.17) is 4.74 Å². The number of nitrogens with zero attached hydrogens (tertiary/aromatic N) is 1. The molecule has 3 nitrogen and oxygen atoms in total. The number of hydrogen-bond acceptors (Lipinski definition) is 3. The minimum atomic E-state index is 0.273. The Hall–Kier alpha value is -2.65. The van der Waals surface area contributed by atoms with Gasteiger partial charge in [0.15, 0.2) is 0 Å². The molecule has 122 valence electrons. The molecule has 0 bridgehead atoms. The van der Waals surface area contributed by atoms with E-state index in [9.17, 15) is 0 Å². The second-order valence-electron chi connectivity index (χ2n) is 5.79. The molecule has 0 unspecified atom stereocenters. The molecule has 1 aromatic heterocycles. The molecule has 0 saturated carbocycles. The van der Waals surface area contributed by atoms with E-state index in [0.717, 1.165) is 23.6 Å². The normalized spacial score (nSPS) is 11.9. The number of hydrogen-bond donors (Lipinski definition) is 1. The zero-order valence-electron chi connectivity index (χ0n) is 14.1. The average molecular weight is 318 g/mol. The third-order valence-electron chi connectivity index (χ3n) is 4.12. The number of rotatable bonds is 6. The van der Waals surface area contributed by atoms with Crippen molar-refractivity contribution < 1.29 is 4.74 Å². The highest BCUT2D eigenvalue weighted by Crippen LogP contribution is 2.20. The fraction of sp³-hybridized carbons (Fsp3) is 0.190. The van der Waals surface area contributed by atoms with E-state index in [1.54, 1.807) is 7.11 Å². The van der Waals surface area contributed by atoms with Crippen LogP contribution >= 0.6 is 0 Å². The molecule has 1 heterocycles. The lowest BCUT2D eigenvalue weighted by Crippen LogP contribution is -2.18. The summed E-state index contributed by atoms with van der Waals surface area (Å²) in [4.78, 5) is 4.42. The first-order valence-electron chi connectivity index (χ1n) is 8.14. The predicted molar refractivity (Wildman–Crippen MR) is 97.9 cm³/mol. The number of pyridine rings is 1. The molecule has 2 aromatic carbocycles. The van der Waals surface area contributed by atoms with Gasteiger partial charge in [0.05, 0.1) is 12.8 Å². The molecule has 0 aliphatic heterocycles. The van der Waals surface area contributed by atoms with E-state index >= 15 is 0 Å². The van der Waals surface area contributed by atoms with Gasteiger partial charge in [0, 0.05) is 24.3 Å². The van der Waals surface area contributed by atoms with Crippen LogP contribution in [0.5, 0.6) is 5.75 Å². The van der Waals surface area contributed by atoms with Crippen LogP contribution < -0.4 is 10.1 Å². The Morgan fingerprint density at radius 2 is 1.83 bits per heavy atom. The van der Waals surface area contributed by atoms with Crippen molar-refractivity contribution >= 4 is 0 Å². The van der Waals surface area contributed by atoms with Crippen LogP contribution in [0.3, 0.4) is 0 Å². The van der Waals surface area contributed by atoms with Crippen molar-refractivity contribution in [1.29, 1.82) is 0 Å². The Bertz CT molecular complexity index is 769. The summed E-state index contributed by atoms with van der Waals surface area (Å²) in [7, 11) is 1.69. The van der Waals surface area contributed by atoms with Gasteiger partial charge in [-0.1, -0.05) is 36.4 Å². The quantitative estimate of drug-likeness (QED) is 0.721. The monoisotopic (exact) mass is 318 g/mol. The second-order valence-corrected chi connectivity index (χ2v) is 5.79. The SMILES string of the molecule is COc1ccc([C@@H](C)NCc2cccc(-c3ccccn3)c2)cc1. The van der Waals surface area contributed by atoms with Crippen molar-refractivity contribution in [3.63, 3.8) is 0 Å². The first-order chi connectivity index (χ1) is 11.8. The summed E-state index contributed by atoms with van der Waals surface area (Å²) >= 11 is 0. The summed E-state index contributed by atoms with van der Waals surface area (Å²) in [5.74, 6) is 0.883. The van der Waals surface area contributed by atoms with Gasteiger partial charge < -0.3 is 10.1 Å². The van der Waals surface area contributed by atoms with Crippen LogP contribution in [0.4, 0.5) is 0 Å². The molecule has 3 heteroatoms. The van der Waals surface area contributed by atoms with Crippen LogP contribution in [0.1, 0.15) is 24.1 Å². The molecule has 1 N–H and O–H groups in total. The first-order valence-corrected chi connectivity index (χ1v) is 8.14. The van der Waals surface area contributed by atoms with Gasteiger partial charge in [0.2, 0.25) is 0 Å². The molecular formula is C21H22N2O. The van der Waals surface area contributed by atoms with Crippen LogP contribution in [0.2, 0.25) is 0 Å². The number of nitrogens with one attached hydrogen (secondary N) is 1. The highest BCUT2D eigenvalue weighted by Gasteiger charge is 2.06. The Morgan fingerprint density at radius 1 is 1.00 bits per heavy atom. The van der Waals surface area contributed by atoms with Crippen molar-refractivity contribution in [1.82, 2.24) is 10.3 Å². The number of ether oxygens (including phenoxy) is 1. The standard InChI is InChI=1S/C21H22N2O/c1-16(18-9-11-20(24-2)12-10-18)23-15-17-6-5-7-19(14-17)21-8-3-4-13-22-21/h3-14,16,23H,15H2,1-2H3/t16-/m1/s1. The lowest BCUT2D eigenvalue weighted by atomic mass is 10.1. The first kappa shape index (κ1) is 16.2. The summed E-state index contributed by atoms with van der Waals surface area (Å²) in [6.45, 7) is 2.98. The summed E-state index contributed by atoms with van der Waals surface area (Å²) in [6.07, 6.45) is 1.83. The summed E-state index contributed by atoms with van der Waals surface area (Å²) in [6, 6.07) is 23.0. The molecular weight excluding hydrogens is 296 g/mol. The van der Waals surface area contributed by atoms with E-state index in [1.165, 1.54) is 11.1 Å². The van der Waals surface area contributed by atoms with Gasteiger partial charge in [0.25, 0.3) is 0 Å². The molecule has 1 atom stereocenters. The average Bonchev–Trinajstić information content (AvgIpc) is 2.67. The summed E-state index contributed by atoms with van der Waals surface area (Å²) in [5.41, 5.74) is 4.64. The maximum atomic E-state index is 5.21. The minimum absolute atomic E-state index is 0.273. The Balaban J connectivity index is 1.66. The van der Waals surface area contributed by atoms with Crippen molar-refractivity contribution in [2.45, 2.75) is 19.5 Å². The van der Waals surface area contributed by atoms with E-state index in [0.29, 0.717) is 0 Å². The van der Waals surface area contributed by atoms with Crippen LogP contribution in [-0.4, -0.2) is 12.1 Å². The molecule has 0 saturated heterocycles. The van der Waals surface area contributed by atoms with Gasteiger partial charge in [-0.15, -0.1) is 0 Å². The molecule has 0 aliphatic carbocycles. The van der Waals surface area contributed by atoms with Crippen LogP contribution in [0.25, 0.3) is 11.3 Å². The summed E-state index contributed by atoms with van der Waals surface area (Å²) in [5, 5.41) is 3.57. The third-order valence-corrected chi connectivity index (χ3v) is 4.12. The van der Waals surface area contributed by atoms with E-state index < -0.39 is 0 Å². The van der Waals surface area contributed by atoms with Gasteiger partial charge in [0.1, 0.15) is 5.75 Å². The lowest BCUT2D eigenvalue weighted by molar-refractivity contribution is 0.414. The number of methoxy groups -OCH3 is 1. The smallest absolute Gasteiger partial charge is 0.118 e. The van der Waals surface area contributed by atoms with Crippen LogP contribution in [-0.2, 0) is 6.54 Å². The van der Waals surface area contributed by atoms with Crippen LogP contribution in [0.15, 0.2) is 72.9 Å². The maximum Gasteiger partial charge on any atom is 0.118 e. The largest absolute Gasteiger partial charge is 0.497 e. The number of aromatic nitrogens is 1. The zero-order chi connectivity index (χ0) is 16.8. The molecule has 3 rings (SSSR count). The zero-order valence-corrected chi connectivity index (χ0v) is 14.1. The molecule has 0 aliphatic rings. The van der Waals surface area contributed by atoms with Gasteiger partial charge in [-0.3, -0.25) is 4.98 Å². The third kappa shape index (κ3) is 4.00. The van der Waals surface area contributed by atoms with Crippen molar-refractivity contribution in [3.8, 4) is 17.0 Å². The van der Waals surface area contributed by atoms with E-state index in [-0.39, 0.29) is 6.04 Å². The van der Waals surface area contributed by atoms with Crippen molar-refractivity contribution in [3.05, 3.63) is 84.1 Å². The molecule has 0 fully saturated rings. The van der Waals surface area contributed by atoms with Gasteiger partial charge in [-0.25, -0.2) is 0 Å². The highest BCUT2D eigenvalue weighted by molar-refractivity contribution is 5.59. The minimum Gasteiger partial charge on any atom is -0.497 e. The van der Waals surface area contributed by atoms with Crippen molar-refractivity contribution in [2.24, 2.45) is 0 Å². The highest BCUT2D eigenvalue weighted by atomic mass is 16.5. The van der Waals surface area contributed by atoms with Gasteiger partial charge in [-0.05, 0) is 48.4 Å². The van der Waals surface area contributed by atoms with Gasteiger partial charge in [-0.2, -0.15) is 0 Å². The second kappa shape index (κ2) is 7.75. The lowest BCUT2D eigenvalue weighted by Gasteiger charge is -2.15. The fourth-order valence-electron chi connectivity index (χ4n) is 2.66. The predicted octanol–water partition coefficient (Wildman–Crippen LogP) is 4.61. The van der Waals surface area contributed by atoms with Gasteiger partial charge >= 0.3 is 0 Å². The van der Waals surface area contributed by atoms with Crippen molar-refractivity contribution in [2.75, 3.05) is 7.11 Å². The van der Waals surface area contributed by atoms with E-state index in [2.05, 4.69) is 53.6 Å². The molecule has 0 spiro atoms. The molecule has 3 aromatic rings. The Kier molecular flexibility index (Phi) is 5.24. The topological polar surface area (TPSA) is 34.1 Å². The number of benzene rings is 2. The fourth-order valence-corrected chi connectivity index (χ4v) is 2.66. The summed E-state index contributed by atoms with van der Waals surface area (Å²) < 4.78 is 5.21.